The van der Waals surface area contributed by atoms with Crippen molar-refractivity contribution in [2.75, 3.05) is 12.9 Å². The highest BCUT2D eigenvalue weighted by atomic mass is 32.2. The van der Waals surface area contributed by atoms with E-state index in [-0.39, 0.29) is 0 Å². The SMILES string of the molecule is CSc1nc2ncnc(OCC3CC3)c2s1. The number of thioether (sulfide) groups is 1. The summed E-state index contributed by atoms with van der Waals surface area (Å²) >= 11 is 3.22. The zero-order valence-electron chi connectivity index (χ0n) is 8.84. The van der Waals surface area contributed by atoms with Crippen LogP contribution >= 0.6 is 23.1 Å². The van der Waals surface area contributed by atoms with Crippen LogP contribution in [0.4, 0.5) is 0 Å². The maximum Gasteiger partial charge on any atom is 0.236 e. The third kappa shape index (κ3) is 1.99. The van der Waals surface area contributed by atoms with Crippen LogP contribution in [0.25, 0.3) is 10.3 Å². The molecule has 1 aliphatic carbocycles. The Labute approximate surface area is 101 Å². The molecule has 0 bridgehead atoms. The lowest BCUT2D eigenvalue weighted by Gasteiger charge is -2.02. The van der Waals surface area contributed by atoms with Gasteiger partial charge in [-0.1, -0.05) is 11.8 Å². The van der Waals surface area contributed by atoms with E-state index in [9.17, 15) is 0 Å². The van der Waals surface area contributed by atoms with E-state index in [0.717, 1.165) is 27.2 Å². The van der Waals surface area contributed by atoms with Crippen molar-refractivity contribution in [3.8, 4) is 5.88 Å². The maximum atomic E-state index is 5.71. The average molecular weight is 253 g/mol. The Morgan fingerprint density at radius 2 is 2.38 bits per heavy atom. The molecule has 16 heavy (non-hydrogen) atoms. The van der Waals surface area contributed by atoms with Gasteiger partial charge in [0.25, 0.3) is 0 Å². The number of rotatable bonds is 4. The molecule has 0 amide bonds. The summed E-state index contributed by atoms with van der Waals surface area (Å²) in [4.78, 5) is 12.7. The smallest absolute Gasteiger partial charge is 0.236 e. The van der Waals surface area contributed by atoms with Crippen molar-refractivity contribution in [3.63, 3.8) is 0 Å². The Morgan fingerprint density at radius 3 is 3.12 bits per heavy atom. The van der Waals surface area contributed by atoms with E-state index >= 15 is 0 Å². The second kappa shape index (κ2) is 4.18. The normalized spacial score (nSPS) is 15.6. The number of fused-ring (bicyclic) bond motifs is 1. The highest BCUT2D eigenvalue weighted by Crippen LogP contribution is 2.34. The van der Waals surface area contributed by atoms with Crippen molar-refractivity contribution in [3.05, 3.63) is 6.33 Å². The van der Waals surface area contributed by atoms with E-state index in [4.69, 9.17) is 4.74 Å². The van der Waals surface area contributed by atoms with E-state index in [1.165, 1.54) is 19.2 Å². The highest BCUT2D eigenvalue weighted by Gasteiger charge is 2.23. The summed E-state index contributed by atoms with van der Waals surface area (Å²) in [5.41, 5.74) is 0.746. The van der Waals surface area contributed by atoms with Gasteiger partial charge in [-0.05, 0) is 25.0 Å². The summed E-state index contributed by atoms with van der Waals surface area (Å²) in [5, 5.41) is 0. The van der Waals surface area contributed by atoms with Crippen molar-refractivity contribution >= 4 is 33.4 Å². The zero-order chi connectivity index (χ0) is 11.0. The van der Waals surface area contributed by atoms with Crippen molar-refractivity contribution in [2.24, 2.45) is 5.92 Å². The number of thiazole rings is 1. The molecule has 1 saturated carbocycles. The fraction of sp³-hybridized carbons (Fsp3) is 0.500. The molecule has 6 heteroatoms. The lowest BCUT2D eigenvalue weighted by molar-refractivity contribution is 0.292. The molecule has 84 valence electrons. The first kappa shape index (κ1) is 10.3. The predicted octanol–water partition coefficient (Wildman–Crippen LogP) is 2.60. The Balaban J connectivity index is 1.91. The van der Waals surface area contributed by atoms with Crippen molar-refractivity contribution in [1.29, 1.82) is 0 Å². The second-order valence-electron chi connectivity index (χ2n) is 3.77. The van der Waals surface area contributed by atoms with Crippen LogP contribution in [0, 0.1) is 5.92 Å². The first-order chi connectivity index (χ1) is 7.86. The Morgan fingerprint density at radius 1 is 1.50 bits per heavy atom. The average Bonchev–Trinajstić information content (AvgIpc) is 3.03. The molecule has 0 aliphatic heterocycles. The fourth-order valence-electron chi connectivity index (χ4n) is 1.39. The second-order valence-corrected chi connectivity index (χ2v) is 5.82. The molecule has 2 heterocycles. The van der Waals surface area contributed by atoms with Gasteiger partial charge in [0.05, 0.1) is 6.61 Å². The van der Waals surface area contributed by atoms with E-state index in [2.05, 4.69) is 15.0 Å². The first-order valence-corrected chi connectivity index (χ1v) is 7.19. The van der Waals surface area contributed by atoms with Gasteiger partial charge < -0.3 is 4.74 Å². The van der Waals surface area contributed by atoms with Gasteiger partial charge in [0.2, 0.25) is 5.88 Å². The third-order valence-electron chi connectivity index (χ3n) is 2.47. The predicted molar refractivity (Wildman–Crippen MR) is 65.2 cm³/mol. The molecule has 1 fully saturated rings. The van der Waals surface area contributed by atoms with Gasteiger partial charge in [-0.3, -0.25) is 0 Å². The number of hydrogen-bond acceptors (Lipinski definition) is 6. The highest BCUT2D eigenvalue weighted by molar-refractivity contribution is 8.00. The molecular weight excluding hydrogens is 242 g/mol. The van der Waals surface area contributed by atoms with Crippen LogP contribution in [0.1, 0.15) is 12.8 Å². The third-order valence-corrected chi connectivity index (χ3v) is 4.48. The molecule has 0 aromatic carbocycles. The van der Waals surface area contributed by atoms with Gasteiger partial charge in [-0.2, -0.15) is 0 Å². The molecule has 0 radical (unpaired) electrons. The van der Waals surface area contributed by atoms with E-state index in [0.29, 0.717) is 5.88 Å². The number of hydrogen-bond donors (Lipinski definition) is 0. The summed E-state index contributed by atoms with van der Waals surface area (Å²) in [6.45, 7) is 0.776. The van der Waals surface area contributed by atoms with Gasteiger partial charge in [0, 0.05) is 0 Å². The van der Waals surface area contributed by atoms with Gasteiger partial charge >= 0.3 is 0 Å². The molecule has 0 atom stereocenters. The standard InChI is InChI=1S/C10H11N3OS2/c1-15-10-13-8-7(16-10)9(12-5-11-8)14-4-6-2-3-6/h5-6H,2-4H2,1H3. The maximum absolute atomic E-state index is 5.71. The Bertz CT molecular complexity index is 510. The number of ether oxygens (including phenoxy) is 1. The minimum Gasteiger partial charge on any atom is -0.476 e. The monoisotopic (exact) mass is 253 g/mol. The zero-order valence-corrected chi connectivity index (χ0v) is 10.5. The van der Waals surface area contributed by atoms with Crippen LogP contribution in [0.3, 0.4) is 0 Å². The molecular formula is C10H11N3OS2. The van der Waals surface area contributed by atoms with Crippen molar-refractivity contribution in [2.45, 2.75) is 17.2 Å². The molecule has 0 saturated heterocycles. The quantitative estimate of drug-likeness (QED) is 0.784. The van der Waals surface area contributed by atoms with Crippen LogP contribution in [0.2, 0.25) is 0 Å². The summed E-state index contributed by atoms with van der Waals surface area (Å²) in [7, 11) is 0. The lowest BCUT2D eigenvalue weighted by atomic mass is 10.5. The summed E-state index contributed by atoms with van der Waals surface area (Å²) in [6.07, 6.45) is 6.10. The van der Waals surface area contributed by atoms with E-state index < -0.39 is 0 Å². The minimum absolute atomic E-state index is 0.690. The van der Waals surface area contributed by atoms with Gasteiger partial charge in [0.1, 0.15) is 11.0 Å². The molecule has 3 rings (SSSR count). The van der Waals surface area contributed by atoms with Crippen molar-refractivity contribution in [1.82, 2.24) is 15.0 Å². The summed E-state index contributed by atoms with van der Waals surface area (Å²) in [5.74, 6) is 1.42. The Hall–Kier alpha value is -0.880. The van der Waals surface area contributed by atoms with Gasteiger partial charge in [-0.25, -0.2) is 15.0 Å². The van der Waals surface area contributed by atoms with Crippen molar-refractivity contribution < 1.29 is 4.74 Å². The van der Waals surface area contributed by atoms with E-state index in [1.807, 2.05) is 6.26 Å². The van der Waals surface area contributed by atoms with Crippen LogP contribution in [0.5, 0.6) is 5.88 Å². The van der Waals surface area contributed by atoms with Gasteiger partial charge in [0.15, 0.2) is 9.99 Å². The Kier molecular flexibility index (Phi) is 2.69. The first-order valence-electron chi connectivity index (χ1n) is 5.15. The lowest BCUT2D eigenvalue weighted by Crippen LogP contribution is -2.00. The molecule has 1 aliphatic rings. The van der Waals surface area contributed by atoms with Crippen LogP contribution in [-0.2, 0) is 0 Å². The molecule has 2 aromatic heterocycles. The molecule has 2 aromatic rings. The molecule has 4 nitrogen and oxygen atoms in total. The minimum atomic E-state index is 0.690. The topological polar surface area (TPSA) is 47.9 Å². The molecule has 0 spiro atoms. The van der Waals surface area contributed by atoms with Crippen LogP contribution in [-0.4, -0.2) is 27.8 Å². The largest absolute Gasteiger partial charge is 0.476 e. The van der Waals surface area contributed by atoms with Crippen LogP contribution < -0.4 is 4.74 Å². The summed E-state index contributed by atoms with van der Waals surface area (Å²) in [6, 6.07) is 0. The molecule has 0 unspecified atom stereocenters. The summed E-state index contributed by atoms with van der Waals surface area (Å²) < 4.78 is 7.68. The number of aromatic nitrogens is 3. The number of nitrogens with zero attached hydrogens (tertiary/aromatic N) is 3. The molecule has 0 N–H and O–H groups in total. The van der Waals surface area contributed by atoms with Crippen LogP contribution in [0.15, 0.2) is 10.7 Å². The van der Waals surface area contributed by atoms with E-state index in [1.54, 1.807) is 23.1 Å². The fourth-order valence-corrected chi connectivity index (χ4v) is 2.84. The van der Waals surface area contributed by atoms with Gasteiger partial charge in [-0.15, -0.1) is 11.3 Å².